The first-order chi connectivity index (χ1) is 16.3. The van der Waals surface area contributed by atoms with Crippen LogP contribution in [0, 0.1) is 6.92 Å². The summed E-state index contributed by atoms with van der Waals surface area (Å²) in [4.78, 5) is 18.0. The van der Waals surface area contributed by atoms with E-state index in [4.69, 9.17) is 4.74 Å². The largest absolute Gasteiger partial charge is 0.481 e. The molecule has 3 aromatic rings. The quantitative estimate of drug-likeness (QED) is 0.270. The molecular weight excluding hydrogens is 498 g/mol. The first kappa shape index (κ1) is 26.3. The zero-order chi connectivity index (χ0) is 26.0. The van der Waals surface area contributed by atoms with E-state index < -0.39 is 41.8 Å². The van der Waals surface area contributed by atoms with Crippen molar-refractivity contribution in [3.63, 3.8) is 0 Å². The second kappa shape index (κ2) is 10.1. The molecule has 0 amide bonds. The average Bonchev–Trinajstić information content (AvgIpc) is 3.16. The van der Waals surface area contributed by atoms with Crippen molar-refractivity contribution in [2.24, 2.45) is 0 Å². The van der Waals surface area contributed by atoms with E-state index in [1.54, 1.807) is 18.9 Å². The van der Waals surface area contributed by atoms with Crippen LogP contribution in [0.15, 0.2) is 42.5 Å². The predicted octanol–water partition coefficient (Wildman–Crippen LogP) is 6.34. The van der Waals surface area contributed by atoms with E-state index in [1.807, 2.05) is 0 Å². The van der Waals surface area contributed by atoms with Crippen LogP contribution in [0.5, 0.6) is 5.75 Å². The van der Waals surface area contributed by atoms with E-state index in [-0.39, 0.29) is 12.2 Å². The number of thiazole rings is 1. The maximum absolute atomic E-state index is 13.6. The van der Waals surface area contributed by atoms with Crippen LogP contribution in [0.1, 0.15) is 21.7 Å². The number of benzene rings is 2. The number of carbonyl (C=O) groups is 1. The second-order valence-electron chi connectivity index (χ2n) is 7.50. The topological polar surface area (TPSA) is 51.7 Å². The Bertz CT molecular complexity index is 1190. The molecule has 0 saturated heterocycles. The minimum absolute atomic E-state index is 0.212. The van der Waals surface area contributed by atoms with E-state index in [9.17, 15) is 31.1 Å². The number of rotatable bonds is 7. The smallest absolute Gasteiger partial charge is 0.420 e. The Kier molecular flexibility index (Phi) is 7.63. The molecule has 0 aliphatic heterocycles. The Balaban J connectivity index is 1.81. The normalized spacial score (nSPS) is 11.9. The molecule has 1 heterocycles. The van der Waals surface area contributed by atoms with Crippen molar-refractivity contribution in [3.05, 3.63) is 64.2 Å². The number of alkyl halides is 6. The molecule has 0 N–H and O–H groups in total. The van der Waals surface area contributed by atoms with Gasteiger partial charge in [0.15, 0.2) is 6.61 Å². The van der Waals surface area contributed by atoms with Crippen molar-refractivity contribution in [2.45, 2.75) is 25.8 Å². The van der Waals surface area contributed by atoms with Crippen LogP contribution in [0.25, 0.3) is 10.6 Å². The molecule has 0 spiro atoms. The molecule has 1 aromatic heterocycles. The standard InChI is InChI=1S/C23H20F6N2O3S/c1-13-19(35-21(30-13)14-4-6-15(7-5-14)22(24,25)26)11-31(2)16-8-9-18(34-12-20(32)33-3)17(10-16)23(27,28)29/h4-10H,11-12H2,1-3H3. The van der Waals surface area contributed by atoms with E-state index in [1.165, 1.54) is 29.5 Å². The van der Waals surface area contributed by atoms with Crippen molar-refractivity contribution >= 4 is 23.0 Å². The summed E-state index contributed by atoms with van der Waals surface area (Å²) in [6.07, 6.45) is -9.17. The van der Waals surface area contributed by atoms with Gasteiger partial charge in [0.2, 0.25) is 0 Å². The van der Waals surface area contributed by atoms with Crippen molar-refractivity contribution in [1.29, 1.82) is 0 Å². The van der Waals surface area contributed by atoms with Gasteiger partial charge in [-0.1, -0.05) is 12.1 Å². The second-order valence-corrected chi connectivity index (χ2v) is 8.59. The van der Waals surface area contributed by atoms with Gasteiger partial charge in [0.1, 0.15) is 10.8 Å². The summed E-state index contributed by atoms with van der Waals surface area (Å²) in [7, 11) is 2.69. The number of halogens is 6. The summed E-state index contributed by atoms with van der Waals surface area (Å²) in [5, 5.41) is 0.502. The summed E-state index contributed by atoms with van der Waals surface area (Å²) in [5.74, 6) is -1.32. The third-order valence-corrected chi connectivity index (χ3v) is 6.21. The SMILES string of the molecule is COC(=O)COc1ccc(N(C)Cc2sc(-c3ccc(C(F)(F)F)cc3)nc2C)cc1C(F)(F)F. The van der Waals surface area contributed by atoms with Crippen LogP contribution in [0.4, 0.5) is 32.0 Å². The van der Waals surface area contributed by atoms with Crippen LogP contribution in [0.2, 0.25) is 0 Å². The number of anilines is 1. The first-order valence-electron chi connectivity index (χ1n) is 10.1. The minimum Gasteiger partial charge on any atom is -0.481 e. The number of methoxy groups -OCH3 is 1. The van der Waals surface area contributed by atoms with Gasteiger partial charge in [-0.2, -0.15) is 26.3 Å². The fraction of sp³-hybridized carbons (Fsp3) is 0.304. The molecule has 0 saturated carbocycles. The number of aryl methyl sites for hydroxylation is 1. The zero-order valence-corrected chi connectivity index (χ0v) is 19.6. The van der Waals surface area contributed by atoms with E-state index in [0.717, 1.165) is 36.3 Å². The third-order valence-electron chi connectivity index (χ3n) is 5.02. The van der Waals surface area contributed by atoms with Crippen LogP contribution in [-0.4, -0.2) is 31.7 Å². The molecule has 2 aromatic carbocycles. The number of esters is 1. The van der Waals surface area contributed by atoms with E-state index in [2.05, 4.69) is 9.72 Å². The molecule has 188 valence electrons. The fourth-order valence-corrected chi connectivity index (χ4v) is 4.23. The zero-order valence-electron chi connectivity index (χ0n) is 18.8. The highest BCUT2D eigenvalue weighted by Gasteiger charge is 2.35. The summed E-state index contributed by atoms with van der Waals surface area (Å²) in [6.45, 7) is 1.27. The number of hydrogen-bond acceptors (Lipinski definition) is 6. The van der Waals surface area contributed by atoms with Gasteiger partial charge in [-0.15, -0.1) is 11.3 Å². The number of carbonyl (C=O) groups excluding carboxylic acids is 1. The summed E-state index contributed by atoms with van der Waals surface area (Å²) >= 11 is 1.24. The summed E-state index contributed by atoms with van der Waals surface area (Å²) in [6, 6.07) is 8.08. The lowest BCUT2D eigenvalue weighted by Gasteiger charge is -2.21. The fourth-order valence-electron chi connectivity index (χ4n) is 3.11. The molecule has 0 fully saturated rings. The monoisotopic (exact) mass is 518 g/mol. The molecule has 0 bridgehead atoms. The van der Waals surface area contributed by atoms with Crippen molar-refractivity contribution in [1.82, 2.24) is 4.98 Å². The molecule has 12 heteroatoms. The highest BCUT2D eigenvalue weighted by Crippen LogP contribution is 2.39. The Labute approximate surface area is 200 Å². The lowest BCUT2D eigenvalue weighted by molar-refractivity contribution is -0.145. The molecule has 3 rings (SSSR count). The minimum atomic E-state index is -4.72. The van der Waals surface area contributed by atoms with Gasteiger partial charge >= 0.3 is 18.3 Å². The highest BCUT2D eigenvalue weighted by atomic mass is 32.1. The Hall–Kier alpha value is -3.28. The van der Waals surface area contributed by atoms with Gasteiger partial charge in [-0.3, -0.25) is 0 Å². The lowest BCUT2D eigenvalue weighted by Crippen LogP contribution is -2.19. The molecule has 0 atom stereocenters. The maximum atomic E-state index is 13.6. The van der Waals surface area contributed by atoms with E-state index >= 15 is 0 Å². The van der Waals surface area contributed by atoms with Gasteiger partial charge < -0.3 is 14.4 Å². The van der Waals surface area contributed by atoms with Crippen LogP contribution < -0.4 is 9.64 Å². The van der Waals surface area contributed by atoms with Crippen LogP contribution >= 0.6 is 11.3 Å². The van der Waals surface area contributed by atoms with Crippen molar-refractivity contribution in [3.8, 4) is 16.3 Å². The molecule has 5 nitrogen and oxygen atoms in total. The van der Waals surface area contributed by atoms with Gasteiger partial charge in [0, 0.05) is 23.2 Å². The predicted molar refractivity (Wildman–Crippen MR) is 118 cm³/mol. The molecule has 35 heavy (non-hydrogen) atoms. The number of ether oxygens (including phenoxy) is 2. The number of nitrogens with zero attached hydrogens (tertiary/aromatic N) is 2. The lowest BCUT2D eigenvalue weighted by atomic mass is 10.1. The Morgan fingerprint density at radius 3 is 2.26 bits per heavy atom. The van der Waals surface area contributed by atoms with Crippen LogP contribution in [-0.2, 0) is 28.4 Å². The number of aromatic nitrogens is 1. The Morgan fingerprint density at radius 1 is 1.03 bits per heavy atom. The van der Waals surface area contributed by atoms with Gasteiger partial charge in [-0.25, -0.2) is 9.78 Å². The molecule has 0 unspecified atom stereocenters. The Morgan fingerprint density at radius 2 is 1.69 bits per heavy atom. The van der Waals surface area contributed by atoms with E-state index in [0.29, 0.717) is 16.3 Å². The maximum Gasteiger partial charge on any atom is 0.420 e. The van der Waals surface area contributed by atoms with Gasteiger partial charge in [0.05, 0.1) is 30.5 Å². The van der Waals surface area contributed by atoms with Gasteiger partial charge in [0.25, 0.3) is 0 Å². The van der Waals surface area contributed by atoms with Crippen LogP contribution in [0.3, 0.4) is 0 Å². The molecular formula is C23H20F6N2O3S. The molecule has 0 radical (unpaired) electrons. The third kappa shape index (κ3) is 6.44. The van der Waals surface area contributed by atoms with Crippen molar-refractivity contribution in [2.75, 3.05) is 25.7 Å². The molecule has 0 aliphatic rings. The first-order valence-corrected chi connectivity index (χ1v) is 10.9. The average molecular weight is 518 g/mol. The van der Waals surface area contributed by atoms with Gasteiger partial charge in [-0.05, 0) is 37.3 Å². The molecule has 0 aliphatic carbocycles. The van der Waals surface area contributed by atoms with Crippen molar-refractivity contribution < 1.29 is 40.6 Å². The summed E-state index contributed by atoms with van der Waals surface area (Å²) in [5.41, 5.74) is -0.449. The number of hydrogen-bond donors (Lipinski definition) is 0. The highest BCUT2D eigenvalue weighted by molar-refractivity contribution is 7.15. The summed E-state index contributed by atoms with van der Waals surface area (Å²) < 4.78 is 88.5.